The summed E-state index contributed by atoms with van der Waals surface area (Å²) in [7, 11) is 0. The molecule has 6 heteroatoms. The molecule has 0 saturated carbocycles. The molecule has 1 aromatic heterocycles. The van der Waals surface area contributed by atoms with Crippen molar-refractivity contribution in [2.45, 2.75) is 6.92 Å². The van der Waals surface area contributed by atoms with Crippen molar-refractivity contribution in [2.75, 3.05) is 0 Å². The topological polar surface area (TPSA) is 58.9 Å². The van der Waals surface area contributed by atoms with Crippen molar-refractivity contribution in [3.05, 3.63) is 39.9 Å². The van der Waals surface area contributed by atoms with E-state index in [1.807, 2.05) is 0 Å². The summed E-state index contributed by atoms with van der Waals surface area (Å²) >= 11 is 0. The highest BCUT2D eigenvalue weighted by Gasteiger charge is 2.16. The molecule has 4 nitrogen and oxygen atoms in total. The standard InChI is InChI=1S/C9H6F2N2O2/c1-4-2-3-5(10)7(11)6(4)8-12-9(14)15-13-8/h2-3H,1H3,(H,12,13,14). The van der Waals surface area contributed by atoms with Gasteiger partial charge in [0.05, 0.1) is 5.56 Å². The van der Waals surface area contributed by atoms with Crippen LogP contribution < -0.4 is 5.76 Å². The number of H-pyrrole nitrogens is 1. The molecule has 0 aliphatic heterocycles. The van der Waals surface area contributed by atoms with Gasteiger partial charge < -0.3 is 0 Å². The molecule has 0 bridgehead atoms. The molecule has 0 saturated heterocycles. The predicted molar refractivity (Wildman–Crippen MR) is 47.2 cm³/mol. The monoisotopic (exact) mass is 212 g/mol. The van der Waals surface area contributed by atoms with E-state index in [4.69, 9.17) is 0 Å². The minimum Gasteiger partial charge on any atom is -0.296 e. The van der Waals surface area contributed by atoms with E-state index in [0.29, 0.717) is 5.56 Å². The van der Waals surface area contributed by atoms with E-state index >= 15 is 0 Å². The second kappa shape index (κ2) is 3.30. The van der Waals surface area contributed by atoms with Crippen molar-refractivity contribution in [1.82, 2.24) is 10.1 Å². The molecular weight excluding hydrogens is 206 g/mol. The van der Waals surface area contributed by atoms with Crippen LogP contribution in [0, 0.1) is 18.6 Å². The lowest BCUT2D eigenvalue weighted by Crippen LogP contribution is -1.98. The van der Waals surface area contributed by atoms with Crippen LogP contribution in [-0.4, -0.2) is 10.1 Å². The number of aromatic nitrogens is 2. The average Bonchev–Trinajstić information content (AvgIpc) is 2.59. The van der Waals surface area contributed by atoms with Crippen LogP contribution in [0.2, 0.25) is 0 Å². The number of nitrogens with one attached hydrogen (secondary N) is 1. The summed E-state index contributed by atoms with van der Waals surface area (Å²) in [5.74, 6) is -2.98. The van der Waals surface area contributed by atoms with Gasteiger partial charge in [-0.3, -0.25) is 9.51 Å². The summed E-state index contributed by atoms with van der Waals surface area (Å²) in [4.78, 5) is 12.8. The van der Waals surface area contributed by atoms with Crippen LogP contribution in [0.1, 0.15) is 5.56 Å². The SMILES string of the molecule is Cc1ccc(F)c(F)c1-c1noc(=O)[nH]1. The van der Waals surface area contributed by atoms with E-state index < -0.39 is 17.4 Å². The van der Waals surface area contributed by atoms with Crippen LogP contribution in [0.25, 0.3) is 11.4 Å². The number of rotatable bonds is 1. The van der Waals surface area contributed by atoms with Gasteiger partial charge in [0.1, 0.15) is 0 Å². The van der Waals surface area contributed by atoms with Crippen molar-refractivity contribution in [2.24, 2.45) is 0 Å². The third kappa shape index (κ3) is 1.54. The molecule has 0 amide bonds. The zero-order chi connectivity index (χ0) is 11.0. The van der Waals surface area contributed by atoms with Gasteiger partial charge in [-0.25, -0.2) is 13.6 Å². The maximum Gasteiger partial charge on any atom is 0.439 e. The molecule has 1 heterocycles. The van der Waals surface area contributed by atoms with Gasteiger partial charge in [0.15, 0.2) is 17.5 Å². The number of benzene rings is 1. The number of hydrogen-bond donors (Lipinski definition) is 1. The van der Waals surface area contributed by atoms with Crippen molar-refractivity contribution in [1.29, 1.82) is 0 Å². The summed E-state index contributed by atoms with van der Waals surface area (Å²) in [5.41, 5.74) is 0.360. The summed E-state index contributed by atoms with van der Waals surface area (Å²) in [6, 6.07) is 2.40. The molecule has 0 aliphatic rings. The Balaban J connectivity index is 2.71. The van der Waals surface area contributed by atoms with E-state index in [2.05, 4.69) is 14.7 Å². The van der Waals surface area contributed by atoms with Crippen molar-refractivity contribution >= 4 is 0 Å². The van der Waals surface area contributed by atoms with Crippen LogP contribution in [-0.2, 0) is 0 Å². The van der Waals surface area contributed by atoms with Gasteiger partial charge in [-0.15, -0.1) is 0 Å². The molecular formula is C9H6F2N2O2. The van der Waals surface area contributed by atoms with Crippen molar-refractivity contribution in [3.63, 3.8) is 0 Å². The molecule has 0 spiro atoms. The van der Waals surface area contributed by atoms with Crippen molar-refractivity contribution < 1.29 is 13.3 Å². The highest BCUT2D eigenvalue weighted by molar-refractivity contribution is 5.60. The lowest BCUT2D eigenvalue weighted by Gasteiger charge is -2.03. The molecule has 0 fully saturated rings. The fourth-order valence-corrected chi connectivity index (χ4v) is 1.28. The summed E-state index contributed by atoms with van der Waals surface area (Å²) < 4.78 is 30.5. The minimum atomic E-state index is -1.06. The molecule has 0 radical (unpaired) electrons. The Kier molecular flexibility index (Phi) is 2.11. The molecule has 0 unspecified atom stereocenters. The molecule has 1 N–H and O–H groups in total. The zero-order valence-corrected chi connectivity index (χ0v) is 7.67. The summed E-state index contributed by atoms with van der Waals surface area (Å²) in [6.07, 6.45) is 0. The Bertz CT molecular complexity index is 559. The summed E-state index contributed by atoms with van der Waals surface area (Å²) in [5, 5.41) is 3.30. The highest BCUT2D eigenvalue weighted by Crippen LogP contribution is 2.24. The Morgan fingerprint density at radius 3 is 2.73 bits per heavy atom. The first-order valence-corrected chi connectivity index (χ1v) is 4.10. The second-order valence-electron chi connectivity index (χ2n) is 3.00. The molecule has 0 aliphatic carbocycles. The van der Waals surface area contributed by atoms with Gasteiger partial charge >= 0.3 is 5.76 Å². The van der Waals surface area contributed by atoms with Gasteiger partial charge in [-0.05, 0) is 18.6 Å². The van der Waals surface area contributed by atoms with Crippen molar-refractivity contribution in [3.8, 4) is 11.4 Å². The number of aromatic amines is 1. The van der Waals surface area contributed by atoms with E-state index in [-0.39, 0.29) is 11.4 Å². The largest absolute Gasteiger partial charge is 0.439 e. The first-order chi connectivity index (χ1) is 7.09. The van der Waals surface area contributed by atoms with Gasteiger partial charge in [-0.2, -0.15) is 0 Å². The Morgan fingerprint density at radius 2 is 2.13 bits per heavy atom. The lowest BCUT2D eigenvalue weighted by molar-refractivity contribution is 0.387. The van der Waals surface area contributed by atoms with Gasteiger partial charge in [0.25, 0.3) is 0 Å². The molecule has 2 aromatic rings. The first kappa shape index (κ1) is 9.57. The van der Waals surface area contributed by atoms with Gasteiger partial charge in [-0.1, -0.05) is 11.2 Å². The maximum absolute atomic E-state index is 13.4. The average molecular weight is 212 g/mol. The number of nitrogens with zero attached hydrogens (tertiary/aromatic N) is 1. The molecule has 2 rings (SSSR count). The maximum atomic E-state index is 13.4. The van der Waals surface area contributed by atoms with Gasteiger partial charge in [0, 0.05) is 0 Å². The third-order valence-electron chi connectivity index (χ3n) is 1.98. The molecule has 0 atom stereocenters. The Labute approximate surface area is 82.5 Å². The highest BCUT2D eigenvalue weighted by atomic mass is 19.2. The van der Waals surface area contributed by atoms with Crippen LogP contribution in [0.15, 0.2) is 21.5 Å². The normalized spacial score (nSPS) is 10.6. The third-order valence-corrected chi connectivity index (χ3v) is 1.98. The predicted octanol–water partition coefficient (Wildman–Crippen LogP) is 1.62. The molecule has 15 heavy (non-hydrogen) atoms. The van der Waals surface area contributed by atoms with E-state index in [1.165, 1.54) is 6.07 Å². The smallest absolute Gasteiger partial charge is 0.296 e. The van der Waals surface area contributed by atoms with Gasteiger partial charge in [0.2, 0.25) is 0 Å². The van der Waals surface area contributed by atoms with Crippen LogP contribution in [0.5, 0.6) is 0 Å². The summed E-state index contributed by atoms with van der Waals surface area (Å²) in [6.45, 7) is 1.57. The molecule has 78 valence electrons. The Morgan fingerprint density at radius 1 is 1.40 bits per heavy atom. The zero-order valence-electron chi connectivity index (χ0n) is 7.67. The first-order valence-electron chi connectivity index (χ1n) is 4.10. The van der Waals surface area contributed by atoms with Crippen LogP contribution in [0.4, 0.5) is 8.78 Å². The van der Waals surface area contributed by atoms with Crippen LogP contribution >= 0.6 is 0 Å². The van der Waals surface area contributed by atoms with E-state index in [1.54, 1.807) is 6.92 Å². The quantitative estimate of drug-likeness (QED) is 0.781. The number of aryl methyl sites for hydroxylation is 1. The van der Waals surface area contributed by atoms with E-state index in [0.717, 1.165) is 6.07 Å². The number of halogens is 2. The minimum absolute atomic E-state index is 0.0964. The fraction of sp³-hybridized carbons (Fsp3) is 0.111. The molecule has 1 aromatic carbocycles. The number of hydrogen-bond acceptors (Lipinski definition) is 3. The van der Waals surface area contributed by atoms with Crippen LogP contribution in [0.3, 0.4) is 0 Å². The fourth-order valence-electron chi connectivity index (χ4n) is 1.28. The second-order valence-corrected chi connectivity index (χ2v) is 3.00. The Hall–Kier alpha value is -1.98. The lowest BCUT2D eigenvalue weighted by atomic mass is 10.1. The van der Waals surface area contributed by atoms with E-state index in [9.17, 15) is 13.6 Å².